The average Bonchev–Trinajstić information content (AvgIpc) is 2.94. The van der Waals surface area contributed by atoms with Gasteiger partial charge in [-0.2, -0.15) is 0 Å². The molecule has 1 fully saturated rings. The van der Waals surface area contributed by atoms with E-state index in [4.69, 9.17) is 9.84 Å². The van der Waals surface area contributed by atoms with E-state index < -0.39 is 5.97 Å². The topological polar surface area (TPSA) is 75.6 Å². The van der Waals surface area contributed by atoms with Crippen LogP contribution >= 0.6 is 0 Å². The molecule has 1 aliphatic carbocycles. The van der Waals surface area contributed by atoms with Crippen LogP contribution in [0, 0.1) is 5.92 Å². The minimum atomic E-state index is -0.776. The number of aliphatic carboxylic acids is 1. The van der Waals surface area contributed by atoms with E-state index in [0.717, 1.165) is 6.42 Å². The number of hydrogen-bond acceptors (Lipinski definition) is 3. The molecule has 0 heterocycles. The van der Waals surface area contributed by atoms with Crippen molar-refractivity contribution in [3.63, 3.8) is 0 Å². The molecular formula is C16H21NO4. The van der Waals surface area contributed by atoms with Crippen LogP contribution < -0.4 is 10.1 Å². The highest BCUT2D eigenvalue weighted by atomic mass is 16.5. The number of carbonyl (C=O) groups excluding carboxylic acids is 1. The largest absolute Gasteiger partial charge is 0.494 e. The van der Waals surface area contributed by atoms with Crippen molar-refractivity contribution in [1.82, 2.24) is 5.32 Å². The van der Waals surface area contributed by atoms with Crippen molar-refractivity contribution in [1.29, 1.82) is 0 Å². The number of carbonyl (C=O) groups is 2. The van der Waals surface area contributed by atoms with Crippen LogP contribution in [0.4, 0.5) is 0 Å². The lowest BCUT2D eigenvalue weighted by Crippen LogP contribution is -2.33. The SMILES string of the molecule is CCCOc1cccc(C(=O)N[C@@H]2CC[C@H](C(=O)O)C2)c1. The van der Waals surface area contributed by atoms with E-state index in [-0.39, 0.29) is 17.9 Å². The highest BCUT2D eigenvalue weighted by molar-refractivity contribution is 5.94. The Bertz CT molecular complexity index is 515. The molecule has 0 bridgehead atoms. The van der Waals surface area contributed by atoms with Gasteiger partial charge in [-0.3, -0.25) is 9.59 Å². The van der Waals surface area contributed by atoms with Gasteiger partial charge in [0.05, 0.1) is 12.5 Å². The smallest absolute Gasteiger partial charge is 0.306 e. The van der Waals surface area contributed by atoms with Crippen LogP contribution in [0.3, 0.4) is 0 Å². The van der Waals surface area contributed by atoms with Gasteiger partial charge in [0.1, 0.15) is 5.75 Å². The minimum absolute atomic E-state index is 0.0567. The van der Waals surface area contributed by atoms with Gasteiger partial charge >= 0.3 is 5.97 Å². The number of amides is 1. The van der Waals surface area contributed by atoms with E-state index in [1.54, 1.807) is 18.2 Å². The standard InChI is InChI=1S/C16H21NO4/c1-2-8-21-14-5-3-4-11(10-14)15(18)17-13-7-6-12(9-13)16(19)20/h3-5,10,12-13H,2,6-9H2,1H3,(H,17,18)(H,19,20)/t12-,13+/m0/s1. The molecule has 0 aromatic heterocycles. The van der Waals surface area contributed by atoms with Crippen LogP contribution in [-0.4, -0.2) is 29.6 Å². The zero-order chi connectivity index (χ0) is 15.2. The number of ether oxygens (including phenoxy) is 1. The molecule has 2 rings (SSSR count). The van der Waals surface area contributed by atoms with Crippen molar-refractivity contribution in [2.75, 3.05) is 6.61 Å². The Hall–Kier alpha value is -2.04. The lowest BCUT2D eigenvalue weighted by Gasteiger charge is -2.13. The van der Waals surface area contributed by atoms with Crippen molar-refractivity contribution >= 4 is 11.9 Å². The highest BCUT2D eigenvalue weighted by Crippen LogP contribution is 2.26. The Morgan fingerprint density at radius 3 is 2.86 bits per heavy atom. The summed E-state index contributed by atoms with van der Waals surface area (Å²) in [7, 11) is 0. The van der Waals surface area contributed by atoms with Gasteiger partial charge in [0.15, 0.2) is 0 Å². The second kappa shape index (κ2) is 7.11. The summed E-state index contributed by atoms with van der Waals surface area (Å²) in [6.07, 6.45) is 2.76. The van der Waals surface area contributed by atoms with Crippen LogP contribution in [-0.2, 0) is 4.79 Å². The first-order valence-corrected chi connectivity index (χ1v) is 7.36. The molecule has 21 heavy (non-hydrogen) atoms. The molecule has 1 aromatic rings. The highest BCUT2D eigenvalue weighted by Gasteiger charge is 2.30. The van der Waals surface area contributed by atoms with Crippen molar-refractivity contribution in [2.24, 2.45) is 5.92 Å². The molecule has 0 radical (unpaired) electrons. The monoisotopic (exact) mass is 291 g/mol. The second-order valence-electron chi connectivity index (χ2n) is 5.39. The minimum Gasteiger partial charge on any atom is -0.494 e. The molecule has 5 heteroatoms. The third-order valence-corrected chi connectivity index (χ3v) is 3.69. The lowest BCUT2D eigenvalue weighted by atomic mass is 10.1. The Kier molecular flexibility index (Phi) is 5.20. The van der Waals surface area contributed by atoms with Crippen LogP contribution in [0.1, 0.15) is 43.0 Å². The van der Waals surface area contributed by atoms with Crippen LogP contribution in [0.25, 0.3) is 0 Å². The third kappa shape index (κ3) is 4.21. The van der Waals surface area contributed by atoms with Gasteiger partial charge in [-0.15, -0.1) is 0 Å². The normalized spacial score (nSPS) is 21.0. The van der Waals surface area contributed by atoms with Crippen molar-refractivity contribution in [2.45, 2.75) is 38.6 Å². The number of rotatable bonds is 6. The van der Waals surface area contributed by atoms with Gasteiger partial charge in [-0.05, 0) is 43.9 Å². The maximum Gasteiger partial charge on any atom is 0.306 e. The fourth-order valence-corrected chi connectivity index (χ4v) is 2.55. The summed E-state index contributed by atoms with van der Waals surface area (Å²) in [5.41, 5.74) is 0.544. The molecule has 0 saturated heterocycles. The van der Waals surface area contributed by atoms with Crippen molar-refractivity contribution in [3.05, 3.63) is 29.8 Å². The molecule has 5 nitrogen and oxygen atoms in total. The molecule has 1 amide bonds. The second-order valence-corrected chi connectivity index (χ2v) is 5.39. The lowest BCUT2D eigenvalue weighted by molar-refractivity contribution is -0.141. The summed E-state index contributed by atoms with van der Waals surface area (Å²) < 4.78 is 5.51. The summed E-state index contributed by atoms with van der Waals surface area (Å²) in [6.45, 7) is 2.64. The molecule has 2 N–H and O–H groups in total. The third-order valence-electron chi connectivity index (χ3n) is 3.69. The van der Waals surface area contributed by atoms with Gasteiger partial charge in [0, 0.05) is 11.6 Å². The maximum atomic E-state index is 12.2. The van der Waals surface area contributed by atoms with Gasteiger partial charge in [0.2, 0.25) is 0 Å². The summed E-state index contributed by atoms with van der Waals surface area (Å²) in [5, 5.41) is 11.9. The van der Waals surface area contributed by atoms with Crippen molar-refractivity contribution < 1.29 is 19.4 Å². The van der Waals surface area contributed by atoms with E-state index in [9.17, 15) is 9.59 Å². The predicted molar refractivity (Wildman–Crippen MR) is 78.5 cm³/mol. The van der Waals surface area contributed by atoms with Gasteiger partial charge < -0.3 is 15.2 Å². The predicted octanol–water partition coefficient (Wildman–Crippen LogP) is 2.46. The number of benzene rings is 1. The Balaban J connectivity index is 1.93. The Morgan fingerprint density at radius 1 is 1.38 bits per heavy atom. The fraction of sp³-hybridized carbons (Fsp3) is 0.500. The molecule has 1 saturated carbocycles. The molecule has 1 aromatic carbocycles. The summed E-state index contributed by atoms with van der Waals surface area (Å²) in [6, 6.07) is 7.00. The maximum absolute atomic E-state index is 12.2. The van der Waals surface area contributed by atoms with Gasteiger partial charge in [-0.1, -0.05) is 13.0 Å². The molecule has 1 aliphatic rings. The molecular weight excluding hydrogens is 270 g/mol. The average molecular weight is 291 g/mol. The first kappa shape index (κ1) is 15.4. The summed E-state index contributed by atoms with van der Waals surface area (Å²) >= 11 is 0. The van der Waals surface area contributed by atoms with E-state index in [2.05, 4.69) is 5.32 Å². The van der Waals surface area contributed by atoms with Crippen molar-refractivity contribution in [3.8, 4) is 5.75 Å². The van der Waals surface area contributed by atoms with Crippen LogP contribution in [0.2, 0.25) is 0 Å². The summed E-state index contributed by atoms with van der Waals surface area (Å²) in [4.78, 5) is 23.1. The fourth-order valence-electron chi connectivity index (χ4n) is 2.55. The molecule has 114 valence electrons. The first-order valence-electron chi connectivity index (χ1n) is 7.36. The number of carboxylic acids is 1. The number of nitrogens with one attached hydrogen (secondary N) is 1. The zero-order valence-electron chi connectivity index (χ0n) is 12.2. The van der Waals surface area contributed by atoms with E-state index in [1.165, 1.54) is 0 Å². The molecule has 0 unspecified atom stereocenters. The van der Waals surface area contributed by atoms with E-state index in [1.807, 2.05) is 13.0 Å². The van der Waals surface area contributed by atoms with E-state index in [0.29, 0.717) is 37.2 Å². The van der Waals surface area contributed by atoms with E-state index >= 15 is 0 Å². The summed E-state index contributed by atoms with van der Waals surface area (Å²) in [5.74, 6) is -0.608. The van der Waals surface area contributed by atoms with Crippen LogP contribution in [0.5, 0.6) is 5.75 Å². The van der Waals surface area contributed by atoms with Gasteiger partial charge in [-0.25, -0.2) is 0 Å². The molecule has 0 aliphatic heterocycles. The molecule has 0 spiro atoms. The Labute approximate surface area is 124 Å². The first-order chi connectivity index (χ1) is 10.1. The number of hydrogen-bond donors (Lipinski definition) is 2. The van der Waals surface area contributed by atoms with Gasteiger partial charge in [0.25, 0.3) is 5.91 Å². The molecule has 2 atom stereocenters. The van der Waals surface area contributed by atoms with Crippen LogP contribution in [0.15, 0.2) is 24.3 Å². The number of carboxylic acid groups (broad SMARTS) is 1. The zero-order valence-corrected chi connectivity index (χ0v) is 12.2. The Morgan fingerprint density at radius 2 is 2.19 bits per heavy atom. The quantitative estimate of drug-likeness (QED) is 0.844.